The second-order valence-corrected chi connectivity index (χ2v) is 10.3. The van der Waals surface area contributed by atoms with E-state index in [0.29, 0.717) is 28.4 Å². The molecule has 7 heteroatoms. The molecule has 2 atom stereocenters. The lowest BCUT2D eigenvalue weighted by atomic mass is 9.55. The van der Waals surface area contributed by atoms with Crippen LogP contribution < -0.4 is 19.7 Å². The molecule has 0 radical (unpaired) electrons. The summed E-state index contributed by atoms with van der Waals surface area (Å²) in [5, 5.41) is 2.85. The standard InChI is InChI=1S/C33H26N2O5/c1-39-20-15-16-25(26(17-20)40-2)34-31(36)18-11-13-19(14-12-18)35-32(37)29-27-21-7-3-4-8-22(21)28(30(29)33(35)38)24-10-6-5-9-23(24)27/h3-17,27-30H,1-2H3,(H,34,36)/t27?,28?,29-,30-/m0/s1. The Labute approximate surface area is 231 Å². The molecule has 0 spiro atoms. The second kappa shape index (κ2) is 9.09. The van der Waals surface area contributed by atoms with Crippen LogP contribution >= 0.6 is 0 Å². The van der Waals surface area contributed by atoms with Gasteiger partial charge in [0.2, 0.25) is 11.8 Å². The minimum absolute atomic E-state index is 0.159. The first-order chi connectivity index (χ1) is 19.5. The van der Waals surface area contributed by atoms with Crippen LogP contribution in [-0.4, -0.2) is 31.9 Å². The normalized spacial score (nSPS) is 21.9. The van der Waals surface area contributed by atoms with Crippen molar-refractivity contribution in [2.75, 3.05) is 24.4 Å². The van der Waals surface area contributed by atoms with Crippen LogP contribution in [0.25, 0.3) is 0 Å². The number of rotatable bonds is 5. The Balaban J connectivity index is 1.18. The summed E-state index contributed by atoms with van der Waals surface area (Å²) in [6.07, 6.45) is 0. The lowest BCUT2D eigenvalue weighted by molar-refractivity contribution is -0.122. The van der Waals surface area contributed by atoms with Crippen molar-refractivity contribution in [1.29, 1.82) is 0 Å². The van der Waals surface area contributed by atoms with Gasteiger partial charge in [0.25, 0.3) is 5.91 Å². The summed E-state index contributed by atoms with van der Waals surface area (Å²) in [6.45, 7) is 0. The number of amides is 3. The molecule has 3 aliphatic carbocycles. The molecule has 4 aromatic carbocycles. The van der Waals surface area contributed by atoms with Crippen molar-refractivity contribution >= 4 is 29.1 Å². The van der Waals surface area contributed by atoms with Crippen LogP contribution in [0.15, 0.2) is 91.0 Å². The maximum atomic E-state index is 13.9. The number of nitrogens with zero attached hydrogens (tertiary/aromatic N) is 1. The number of imide groups is 1. The Hall–Kier alpha value is -4.91. The van der Waals surface area contributed by atoms with Crippen molar-refractivity contribution in [2.24, 2.45) is 11.8 Å². The molecule has 1 fully saturated rings. The minimum atomic E-state index is -0.451. The van der Waals surface area contributed by atoms with Crippen molar-refractivity contribution in [3.8, 4) is 11.5 Å². The number of methoxy groups -OCH3 is 2. The minimum Gasteiger partial charge on any atom is -0.497 e. The molecule has 1 saturated heterocycles. The van der Waals surface area contributed by atoms with E-state index < -0.39 is 11.8 Å². The van der Waals surface area contributed by atoms with Gasteiger partial charge in [-0.3, -0.25) is 14.4 Å². The number of ether oxygens (including phenoxy) is 2. The van der Waals surface area contributed by atoms with Crippen LogP contribution in [0.4, 0.5) is 11.4 Å². The average molecular weight is 531 g/mol. The molecule has 40 heavy (non-hydrogen) atoms. The Kier molecular flexibility index (Phi) is 5.49. The molecule has 0 aromatic heterocycles. The van der Waals surface area contributed by atoms with Gasteiger partial charge in [-0.2, -0.15) is 0 Å². The maximum absolute atomic E-state index is 13.9. The first kappa shape index (κ1) is 24.2. The van der Waals surface area contributed by atoms with E-state index in [4.69, 9.17) is 9.47 Å². The highest BCUT2D eigenvalue weighted by molar-refractivity contribution is 6.23. The third-order valence-electron chi connectivity index (χ3n) is 8.49. The SMILES string of the molecule is COc1ccc(NC(=O)c2ccc(N3C(=O)[C@H]4C5c6ccccc6C(c6ccccc65)[C@@H]4C3=O)cc2)c(OC)c1. The number of anilines is 2. The Morgan fingerprint density at radius 3 is 1.70 bits per heavy atom. The Bertz CT molecular complexity index is 1580. The highest BCUT2D eigenvalue weighted by Crippen LogP contribution is 2.61. The summed E-state index contributed by atoms with van der Waals surface area (Å²) in [5.74, 6) is -0.853. The number of carbonyl (C=O) groups excluding carboxylic acids is 3. The third kappa shape index (κ3) is 3.40. The van der Waals surface area contributed by atoms with Crippen molar-refractivity contribution < 1.29 is 23.9 Å². The first-order valence-corrected chi connectivity index (χ1v) is 13.2. The topological polar surface area (TPSA) is 84.9 Å². The molecule has 3 amide bonds. The largest absolute Gasteiger partial charge is 0.497 e. The second-order valence-electron chi connectivity index (χ2n) is 10.3. The average Bonchev–Trinajstić information content (AvgIpc) is 3.27. The van der Waals surface area contributed by atoms with Crippen LogP contribution in [0.2, 0.25) is 0 Å². The van der Waals surface area contributed by atoms with Gasteiger partial charge >= 0.3 is 0 Å². The molecule has 0 saturated carbocycles. The van der Waals surface area contributed by atoms with Gasteiger partial charge in [-0.15, -0.1) is 0 Å². The van der Waals surface area contributed by atoms with Gasteiger partial charge in [-0.1, -0.05) is 48.5 Å². The summed E-state index contributed by atoms with van der Waals surface area (Å²) in [6, 6.07) is 28.1. The lowest BCUT2D eigenvalue weighted by Crippen LogP contribution is -2.41. The van der Waals surface area contributed by atoms with E-state index in [9.17, 15) is 14.4 Å². The van der Waals surface area contributed by atoms with Crippen LogP contribution in [0.3, 0.4) is 0 Å². The van der Waals surface area contributed by atoms with Gasteiger partial charge < -0.3 is 14.8 Å². The van der Waals surface area contributed by atoms with Crippen LogP contribution in [-0.2, 0) is 9.59 Å². The Morgan fingerprint density at radius 2 is 1.23 bits per heavy atom. The number of nitrogens with one attached hydrogen (secondary N) is 1. The van der Waals surface area contributed by atoms with Gasteiger partial charge in [0, 0.05) is 23.5 Å². The molecule has 198 valence electrons. The first-order valence-electron chi connectivity index (χ1n) is 13.2. The van der Waals surface area contributed by atoms with E-state index in [1.807, 2.05) is 24.3 Å². The van der Waals surface area contributed by atoms with Crippen molar-refractivity contribution in [2.45, 2.75) is 11.8 Å². The zero-order valence-electron chi connectivity index (χ0n) is 22.0. The molecule has 0 unspecified atom stereocenters. The van der Waals surface area contributed by atoms with Gasteiger partial charge in [-0.05, 0) is 58.7 Å². The fourth-order valence-electron chi connectivity index (χ4n) is 6.79. The molecule has 1 N–H and O–H groups in total. The van der Waals surface area contributed by atoms with E-state index in [2.05, 4.69) is 29.6 Å². The molecule has 7 nitrogen and oxygen atoms in total. The van der Waals surface area contributed by atoms with E-state index in [1.165, 1.54) is 12.0 Å². The van der Waals surface area contributed by atoms with E-state index in [0.717, 1.165) is 22.3 Å². The highest BCUT2D eigenvalue weighted by Gasteiger charge is 2.61. The highest BCUT2D eigenvalue weighted by atomic mass is 16.5. The summed E-state index contributed by atoms with van der Waals surface area (Å²) in [5.41, 5.74) is 5.90. The predicted molar refractivity (Wildman–Crippen MR) is 150 cm³/mol. The molecular weight excluding hydrogens is 504 g/mol. The van der Waals surface area contributed by atoms with E-state index >= 15 is 0 Å². The van der Waals surface area contributed by atoms with Gasteiger partial charge in [0.05, 0.1) is 37.4 Å². The monoisotopic (exact) mass is 530 g/mol. The maximum Gasteiger partial charge on any atom is 0.255 e. The number of carbonyl (C=O) groups is 3. The molecule has 1 heterocycles. The lowest BCUT2D eigenvalue weighted by Gasteiger charge is -2.45. The van der Waals surface area contributed by atoms with Crippen LogP contribution in [0.1, 0.15) is 44.4 Å². The molecule has 8 rings (SSSR count). The van der Waals surface area contributed by atoms with Crippen molar-refractivity contribution in [1.82, 2.24) is 0 Å². The zero-order valence-corrected chi connectivity index (χ0v) is 22.0. The predicted octanol–water partition coefficient (Wildman–Crippen LogP) is 5.35. The summed E-state index contributed by atoms with van der Waals surface area (Å²) in [4.78, 5) is 42.2. The van der Waals surface area contributed by atoms with Crippen molar-refractivity contribution in [3.63, 3.8) is 0 Å². The quantitative estimate of drug-likeness (QED) is 0.352. The molecule has 4 aromatic rings. The fourth-order valence-corrected chi connectivity index (χ4v) is 6.79. The smallest absolute Gasteiger partial charge is 0.255 e. The van der Waals surface area contributed by atoms with Gasteiger partial charge in [-0.25, -0.2) is 4.90 Å². The number of benzene rings is 4. The molecule has 1 aliphatic heterocycles. The molecule has 2 bridgehead atoms. The zero-order chi connectivity index (χ0) is 27.5. The summed E-state index contributed by atoms with van der Waals surface area (Å²) < 4.78 is 10.6. The number of hydrogen-bond donors (Lipinski definition) is 1. The molecular formula is C33H26N2O5. The number of hydrogen-bond acceptors (Lipinski definition) is 5. The fraction of sp³-hybridized carbons (Fsp3) is 0.182. The summed E-state index contributed by atoms with van der Waals surface area (Å²) >= 11 is 0. The van der Waals surface area contributed by atoms with E-state index in [1.54, 1.807) is 49.6 Å². The van der Waals surface area contributed by atoms with Crippen LogP contribution in [0.5, 0.6) is 11.5 Å². The summed E-state index contributed by atoms with van der Waals surface area (Å²) in [7, 11) is 3.08. The van der Waals surface area contributed by atoms with Crippen molar-refractivity contribution in [3.05, 3.63) is 119 Å². The van der Waals surface area contributed by atoms with Gasteiger partial charge in [0.15, 0.2) is 0 Å². The van der Waals surface area contributed by atoms with Gasteiger partial charge in [0.1, 0.15) is 11.5 Å². The van der Waals surface area contributed by atoms with Crippen LogP contribution in [0, 0.1) is 11.8 Å². The van der Waals surface area contributed by atoms with E-state index in [-0.39, 0.29) is 29.6 Å². The molecule has 4 aliphatic rings. The third-order valence-corrected chi connectivity index (χ3v) is 8.49. The Morgan fingerprint density at radius 1 is 0.700 bits per heavy atom.